The predicted octanol–water partition coefficient (Wildman–Crippen LogP) is 0.803. The SMILES string of the molecule is Nc1ccncc1[18F]. The Bertz CT molecular complexity index is 167. The van der Waals surface area contributed by atoms with Crippen LogP contribution < -0.4 is 5.73 Å². The fraction of sp³-hybridized carbons (Fsp3) is 0. The number of pyridine rings is 1. The second-order valence-electron chi connectivity index (χ2n) is 1.40. The summed E-state index contributed by atoms with van der Waals surface area (Å²) in [6, 6.07) is 1.41. The maximum absolute atomic E-state index is 12.1. The van der Waals surface area contributed by atoms with E-state index in [2.05, 4.69) is 4.98 Å². The number of nitrogens with zero attached hydrogens (tertiary/aromatic N) is 1. The molecule has 0 saturated heterocycles. The minimum absolute atomic E-state index is 0.139. The molecule has 0 atom stereocenters. The summed E-state index contributed by atoms with van der Waals surface area (Å²) in [6.07, 6.45) is 2.52. The number of aromatic nitrogens is 1. The molecule has 1 aromatic rings. The van der Waals surface area contributed by atoms with Crippen molar-refractivity contribution in [3.05, 3.63) is 24.3 Å². The first-order valence-corrected chi connectivity index (χ1v) is 2.15. The van der Waals surface area contributed by atoms with Gasteiger partial charge in [0.1, 0.15) is 0 Å². The average Bonchev–Trinajstić information content (AvgIpc) is 1.77. The monoisotopic (exact) mass is 111 g/mol. The Morgan fingerprint density at radius 3 is 2.75 bits per heavy atom. The van der Waals surface area contributed by atoms with E-state index in [1.54, 1.807) is 0 Å². The van der Waals surface area contributed by atoms with Crippen LogP contribution in [0.4, 0.5) is 10.1 Å². The van der Waals surface area contributed by atoms with Crippen molar-refractivity contribution in [2.75, 3.05) is 5.73 Å². The lowest BCUT2D eigenvalue weighted by atomic mass is 10.4. The van der Waals surface area contributed by atoms with Crippen molar-refractivity contribution in [2.24, 2.45) is 0 Å². The van der Waals surface area contributed by atoms with Crippen LogP contribution in [-0.2, 0) is 0 Å². The van der Waals surface area contributed by atoms with Gasteiger partial charge in [0, 0.05) is 6.20 Å². The van der Waals surface area contributed by atoms with E-state index in [0.29, 0.717) is 0 Å². The molecule has 3 heteroatoms. The number of hydrogen-bond donors (Lipinski definition) is 1. The highest BCUT2D eigenvalue weighted by atomic mass is 18.2. The summed E-state index contributed by atoms with van der Waals surface area (Å²) in [5.74, 6) is -0.465. The maximum Gasteiger partial charge on any atom is 0.164 e. The molecule has 8 heavy (non-hydrogen) atoms. The molecule has 42 valence electrons. The van der Waals surface area contributed by atoms with Gasteiger partial charge in [0.05, 0.1) is 11.9 Å². The normalized spacial score (nSPS) is 9.12. The van der Waals surface area contributed by atoms with Gasteiger partial charge in [-0.25, -0.2) is 4.39 Å². The van der Waals surface area contributed by atoms with Crippen LogP contribution in [0.25, 0.3) is 0 Å². The van der Waals surface area contributed by atoms with Crippen LogP contribution in [0.3, 0.4) is 0 Å². The van der Waals surface area contributed by atoms with E-state index >= 15 is 0 Å². The highest BCUT2D eigenvalue weighted by Crippen LogP contribution is 2.03. The van der Waals surface area contributed by atoms with Crippen LogP contribution in [0.15, 0.2) is 18.5 Å². The highest BCUT2D eigenvalue weighted by molar-refractivity contribution is 5.35. The van der Waals surface area contributed by atoms with Crippen molar-refractivity contribution in [3.8, 4) is 0 Å². The van der Waals surface area contributed by atoms with Crippen LogP contribution >= 0.6 is 0 Å². The molecule has 0 amide bonds. The lowest BCUT2D eigenvalue weighted by Gasteiger charge is -1.89. The van der Waals surface area contributed by atoms with Crippen LogP contribution in [0.2, 0.25) is 0 Å². The number of nitrogens with two attached hydrogens (primary N) is 1. The van der Waals surface area contributed by atoms with E-state index in [0.717, 1.165) is 6.20 Å². The summed E-state index contributed by atoms with van der Waals surface area (Å²) in [5.41, 5.74) is 5.24. The molecule has 1 aromatic heterocycles. The van der Waals surface area contributed by atoms with Gasteiger partial charge in [-0.15, -0.1) is 0 Å². The maximum atomic E-state index is 12.1. The molecule has 0 fully saturated rings. The molecule has 0 aromatic carbocycles. The van der Waals surface area contributed by atoms with Gasteiger partial charge in [-0.05, 0) is 6.07 Å². The quantitative estimate of drug-likeness (QED) is 0.537. The summed E-state index contributed by atoms with van der Waals surface area (Å²) in [7, 11) is 0. The second kappa shape index (κ2) is 1.78. The van der Waals surface area contributed by atoms with Gasteiger partial charge in [-0.3, -0.25) is 4.98 Å². The van der Waals surface area contributed by atoms with Crippen LogP contribution in [-0.4, -0.2) is 4.98 Å². The Labute approximate surface area is 46.2 Å². The van der Waals surface area contributed by atoms with Crippen molar-refractivity contribution in [1.29, 1.82) is 0 Å². The third-order valence-corrected chi connectivity index (χ3v) is 0.804. The fourth-order valence-electron chi connectivity index (χ4n) is 0.386. The van der Waals surface area contributed by atoms with Gasteiger partial charge in [-0.1, -0.05) is 0 Å². The minimum Gasteiger partial charge on any atom is -0.396 e. The molecule has 0 unspecified atom stereocenters. The Morgan fingerprint density at radius 1 is 1.62 bits per heavy atom. The number of rotatable bonds is 0. The Kier molecular flexibility index (Phi) is 1.12. The largest absolute Gasteiger partial charge is 0.396 e. The van der Waals surface area contributed by atoms with Crippen LogP contribution in [0.1, 0.15) is 0 Å². The Hall–Kier alpha value is -1.12. The smallest absolute Gasteiger partial charge is 0.164 e. The molecule has 2 N–H and O–H groups in total. The van der Waals surface area contributed by atoms with Gasteiger partial charge in [0.2, 0.25) is 0 Å². The highest BCUT2D eigenvalue weighted by Gasteiger charge is 1.90. The van der Waals surface area contributed by atoms with E-state index in [1.807, 2.05) is 0 Å². The zero-order valence-electron chi connectivity index (χ0n) is 4.13. The van der Waals surface area contributed by atoms with E-state index in [4.69, 9.17) is 5.73 Å². The van der Waals surface area contributed by atoms with Gasteiger partial charge in [0.15, 0.2) is 5.82 Å². The number of halogens is 1. The van der Waals surface area contributed by atoms with Crippen LogP contribution in [0.5, 0.6) is 0 Å². The van der Waals surface area contributed by atoms with Gasteiger partial charge < -0.3 is 5.73 Å². The third-order valence-electron chi connectivity index (χ3n) is 0.804. The van der Waals surface area contributed by atoms with Crippen LogP contribution in [0, 0.1) is 5.82 Å². The first kappa shape index (κ1) is 5.03. The summed E-state index contributed by atoms with van der Waals surface area (Å²) < 4.78 is 12.1. The topological polar surface area (TPSA) is 38.9 Å². The first-order valence-electron chi connectivity index (χ1n) is 2.15. The molecule has 0 aliphatic heterocycles. The predicted molar refractivity (Wildman–Crippen MR) is 28.6 cm³/mol. The van der Waals surface area contributed by atoms with E-state index < -0.39 is 5.82 Å². The summed E-state index contributed by atoms with van der Waals surface area (Å²) >= 11 is 0. The summed E-state index contributed by atoms with van der Waals surface area (Å²) in [4.78, 5) is 3.49. The second-order valence-corrected chi connectivity index (χ2v) is 1.40. The molecule has 0 aliphatic rings. The Morgan fingerprint density at radius 2 is 2.38 bits per heavy atom. The standard InChI is InChI=1S/C5H5FN2/c6-4-3-8-2-1-5(4)7/h1-3H,(H2,7,8)/i6-1. The molecular weight excluding hydrogens is 106 g/mol. The first-order chi connectivity index (χ1) is 3.80. The van der Waals surface area contributed by atoms with Crippen molar-refractivity contribution in [3.63, 3.8) is 0 Å². The van der Waals surface area contributed by atoms with Gasteiger partial charge >= 0.3 is 0 Å². The van der Waals surface area contributed by atoms with Gasteiger partial charge in [-0.2, -0.15) is 0 Å². The van der Waals surface area contributed by atoms with E-state index in [-0.39, 0.29) is 5.69 Å². The molecule has 0 bridgehead atoms. The zero-order chi connectivity index (χ0) is 5.98. The van der Waals surface area contributed by atoms with E-state index in [1.165, 1.54) is 12.3 Å². The molecule has 1 heterocycles. The number of hydrogen-bond acceptors (Lipinski definition) is 2. The van der Waals surface area contributed by atoms with Gasteiger partial charge in [0.25, 0.3) is 0 Å². The number of anilines is 1. The molecule has 2 nitrogen and oxygen atoms in total. The zero-order valence-corrected chi connectivity index (χ0v) is 4.13. The summed E-state index contributed by atoms with van der Waals surface area (Å²) in [5, 5.41) is 0. The van der Waals surface area contributed by atoms with E-state index in [9.17, 15) is 4.39 Å². The molecule has 0 radical (unpaired) electrons. The molecule has 1 rings (SSSR count). The van der Waals surface area contributed by atoms with Crippen molar-refractivity contribution in [1.82, 2.24) is 4.98 Å². The third kappa shape index (κ3) is 0.753. The molecule has 0 spiro atoms. The molecule has 0 saturated carbocycles. The van der Waals surface area contributed by atoms with Crippen molar-refractivity contribution < 1.29 is 4.39 Å². The Balaban J connectivity index is 3.13. The number of nitrogen functional groups attached to an aromatic ring is 1. The lowest BCUT2D eigenvalue weighted by molar-refractivity contribution is 0.626. The van der Waals surface area contributed by atoms with Crippen molar-refractivity contribution in [2.45, 2.75) is 0 Å². The molecular formula is C5H5FN2. The van der Waals surface area contributed by atoms with Crippen molar-refractivity contribution >= 4 is 5.69 Å². The summed E-state index contributed by atoms with van der Waals surface area (Å²) in [6.45, 7) is 0. The minimum atomic E-state index is -0.465. The molecule has 0 aliphatic carbocycles. The fourth-order valence-corrected chi connectivity index (χ4v) is 0.386. The average molecular weight is 111 g/mol. The lowest BCUT2D eigenvalue weighted by Crippen LogP contribution is -1.88.